The summed E-state index contributed by atoms with van der Waals surface area (Å²) < 4.78 is 5.24. The summed E-state index contributed by atoms with van der Waals surface area (Å²) in [5.74, 6) is 0.780. The molecular weight excluding hydrogens is 344 g/mol. The molecule has 2 N–H and O–H groups in total. The summed E-state index contributed by atoms with van der Waals surface area (Å²) in [5, 5.41) is 10.2. The van der Waals surface area contributed by atoms with Crippen molar-refractivity contribution in [3.8, 4) is 34.2 Å². The Hall–Kier alpha value is -3.43. The molecule has 0 radical (unpaired) electrons. The van der Waals surface area contributed by atoms with E-state index in [2.05, 4.69) is 11.1 Å². The molecule has 4 rings (SSSR count). The molecular formula is C20H14N4OS. The molecule has 26 heavy (non-hydrogen) atoms. The Morgan fingerprint density at radius 3 is 2.62 bits per heavy atom. The van der Waals surface area contributed by atoms with Crippen LogP contribution in [-0.2, 0) is 0 Å². The van der Waals surface area contributed by atoms with Crippen molar-refractivity contribution in [1.82, 2.24) is 9.97 Å². The second-order valence-corrected chi connectivity index (χ2v) is 6.66. The van der Waals surface area contributed by atoms with Crippen molar-refractivity contribution in [2.45, 2.75) is 0 Å². The summed E-state index contributed by atoms with van der Waals surface area (Å²) >= 11 is 1.31. The van der Waals surface area contributed by atoms with E-state index in [9.17, 15) is 5.26 Å². The van der Waals surface area contributed by atoms with Gasteiger partial charge in [0.2, 0.25) is 0 Å². The highest BCUT2D eigenvalue weighted by Crippen LogP contribution is 2.41. The minimum absolute atomic E-state index is 0.476. The van der Waals surface area contributed by atoms with E-state index in [0.717, 1.165) is 38.4 Å². The average Bonchev–Trinajstić information content (AvgIpc) is 3.04. The number of benzene rings is 1. The van der Waals surface area contributed by atoms with E-state index in [1.54, 1.807) is 19.5 Å². The molecule has 0 saturated heterocycles. The quantitative estimate of drug-likeness (QED) is 0.583. The zero-order chi connectivity index (χ0) is 18.1. The monoisotopic (exact) mass is 358 g/mol. The number of nitrogen functional groups attached to an aromatic ring is 1. The maximum atomic E-state index is 9.36. The second kappa shape index (κ2) is 6.47. The van der Waals surface area contributed by atoms with Crippen molar-refractivity contribution >= 4 is 27.2 Å². The van der Waals surface area contributed by atoms with Gasteiger partial charge in [0.25, 0.3) is 0 Å². The van der Waals surface area contributed by atoms with Crippen LogP contribution in [0, 0.1) is 11.3 Å². The van der Waals surface area contributed by atoms with Crippen LogP contribution < -0.4 is 10.5 Å². The molecule has 0 aliphatic rings. The molecule has 126 valence electrons. The summed E-state index contributed by atoms with van der Waals surface area (Å²) in [4.78, 5) is 10.1. The third kappa shape index (κ3) is 2.65. The summed E-state index contributed by atoms with van der Waals surface area (Å²) in [6, 6.07) is 15.7. The Morgan fingerprint density at radius 1 is 1.15 bits per heavy atom. The standard InChI is InChI=1S/C20H14N4OS/c1-25-14-6-4-12(5-7-14)15-9-16(13-3-2-8-23-11-13)24-20-18(15)19(22)17(10-21)26-20/h2-9,11H,22H2,1H3. The van der Waals surface area contributed by atoms with E-state index in [4.69, 9.17) is 15.5 Å². The van der Waals surface area contributed by atoms with E-state index in [0.29, 0.717) is 10.6 Å². The SMILES string of the molecule is COc1ccc(-c2cc(-c3cccnc3)nc3sc(C#N)c(N)c23)cc1. The Balaban J connectivity index is 2.01. The summed E-state index contributed by atoms with van der Waals surface area (Å²) in [7, 11) is 1.64. The minimum Gasteiger partial charge on any atom is -0.497 e. The average molecular weight is 358 g/mol. The predicted molar refractivity (Wildman–Crippen MR) is 104 cm³/mol. The van der Waals surface area contributed by atoms with Gasteiger partial charge in [0.1, 0.15) is 21.5 Å². The number of aromatic nitrogens is 2. The molecule has 0 aliphatic heterocycles. The predicted octanol–water partition coefficient (Wildman–Crippen LogP) is 4.49. The number of pyridine rings is 2. The van der Waals surface area contributed by atoms with Crippen LogP contribution in [0.1, 0.15) is 4.88 Å². The molecule has 5 nitrogen and oxygen atoms in total. The number of hydrogen-bond donors (Lipinski definition) is 1. The van der Waals surface area contributed by atoms with Gasteiger partial charge in [0.05, 0.1) is 18.5 Å². The van der Waals surface area contributed by atoms with E-state index in [1.807, 2.05) is 42.5 Å². The molecule has 1 aromatic carbocycles. The molecule has 3 aromatic heterocycles. The van der Waals surface area contributed by atoms with Crippen LogP contribution in [0.25, 0.3) is 32.6 Å². The highest BCUT2D eigenvalue weighted by Gasteiger charge is 2.17. The van der Waals surface area contributed by atoms with Crippen molar-refractivity contribution in [2.75, 3.05) is 12.8 Å². The van der Waals surface area contributed by atoms with Gasteiger partial charge in [-0.25, -0.2) is 4.98 Å². The lowest BCUT2D eigenvalue weighted by atomic mass is 10.00. The lowest BCUT2D eigenvalue weighted by Crippen LogP contribution is -1.91. The molecule has 3 heterocycles. The highest BCUT2D eigenvalue weighted by atomic mass is 32.1. The minimum atomic E-state index is 0.476. The van der Waals surface area contributed by atoms with Crippen LogP contribution in [0.15, 0.2) is 54.9 Å². The number of thiophene rings is 1. The molecule has 0 bridgehead atoms. The van der Waals surface area contributed by atoms with Crippen LogP contribution in [0.3, 0.4) is 0 Å². The van der Waals surface area contributed by atoms with Crippen molar-refractivity contribution < 1.29 is 4.74 Å². The first-order valence-corrected chi connectivity index (χ1v) is 8.71. The maximum Gasteiger partial charge on any atom is 0.130 e. The smallest absolute Gasteiger partial charge is 0.130 e. The van der Waals surface area contributed by atoms with Crippen molar-refractivity contribution in [2.24, 2.45) is 0 Å². The molecule has 0 atom stereocenters. The third-order valence-corrected chi connectivity index (χ3v) is 5.16. The zero-order valence-corrected chi connectivity index (χ0v) is 14.7. The van der Waals surface area contributed by atoms with Crippen LogP contribution in [0.4, 0.5) is 5.69 Å². The summed E-state index contributed by atoms with van der Waals surface area (Å²) in [6.45, 7) is 0. The van der Waals surface area contributed by atoms with Gasteiger partial charge in [-0.05, 0) is 41.5 Å². The topological polar surface area (TPSA) is 84.8 Å². The Bertz CT molecular complexity index is 1130. The number of nitrogens with zero attached hydrogens (tertiary/aromatic N) is 3. The van der Waals surface area contributed by atoms with Crippen molar-refractivity contribution in [3.63, 3.8) is 0 Å². The number of ether oxygens (including phenoxy) is 1. The van der Waals surface area contributed by atoms with E-state index < -0.39 is 0 Å². The van der Waals surface area contributed by atoms with Gasteiger partial charge in [0.15, 0.2) is 0 Å². The number of nitrogens with two attached hydrogens (primary N) is 1. The van der Waals surface area contributed by atoms with Gasteiger partial charge >= 0.3 is 0 Å². The molecule has 6 heteroatoms. The molecule has 0 spiro atoms. The zero-order valence-electron chi connectivity index (χ0n) is 13.9. The number of hydrogen-bond acceptors (Lipinski definition) is 6. The van der Waals surface area contributed by atoms with E-state index in [1.165, 1.54) is 11.3 Å². The van der Waals surface area contributed by atoms with Crippen molar-refractivity contribution in [3.05, 3.63) is 59.7 Å². The van der Waals surface area contributed by atoms with Gasteiger partial charge in [-0.2, -0.15) is 5.26 Å². The van der Waals surface area contributed by atoms with Crippen molar-refractivity contribution in [1.29, 1.82) is 5.26 Å². The van der Waals surface area contributed by atoms with Gasteiger partial charge in [-0.3, -0.25) is 4.98 Å². The first kappa shape index (κ1) is 16.1. The summed E-state index contributed by atoms with van der Waals surface area (Å²) in [6.07, 6.45) is 3.50. The Labute approximate surface area is 154 Å². The van der Waals surface area contributed by atoms with E-state index in [-0.39, 0.29) is 0 Å². The fourth-order valence-corrected chi connectivity index (χ4v) is 3.78. The molecule has 0 aliphatic carbocycles. The first-order valence-electron chi connectivity index (χ1n) is 7.89. The Kier molecular flexibility index (Phi) is 3.99. The molecule has 0 unspecified atom stereocenters. The van der Waals surface area contributed by atoms with Crippen LogP contribution in [0.5, 0.6) is 5.75 Å². The van der Waals surface area contributed by atoms with Crippen LogP contribution >= 0.6 is 11.3 Å². The normalized spacial score (nSPS) is 10.6. The maximum absolute atomic E-state index is 9.36. The van der Waals surface area contributed by atoms with Gasteiger partial charge in [-0.15, -0.1) is 11.3 Å². The highest BCUT2D eigenvalue weighted by molar-refractivity contribution is 7.20. The lowest BCUT2D eigenvalue weighted by molar-refractivity contribution is 0.415. The molecule has 0 fully saturated rings. The van der Waals surface area contributed by atoms with Crippen LogP contribution in [0.2, 0.25) is 0 Å². The van der Waals surface area contributed by atoms with Gasteiger partial charge < -0.3 is 10.5 Å². The Morgan fingerprint density at radius 2 is 1.96 bits per heavy atom. The lowest BCUT2D eigenvalue weighted by Gasteiger charge is -2.09. The van der Waals surface area contributed by atoms with Gasteiger partial charge in [0, 0.05) is 23.3 Å². The number of anilines is 1. The number of fused-ring (bicyclic) bond motifs is 1. The summed E-state index contributed by atoms with van der Waals surface area (Å²) in [5.41, 5.74) is 10.3. The first-order chi connectivity index (χ1) is 12.7. The van der Waals surface area contributed by atoms with Crippen LogP contribution in [-0.4, -0.2) is 17.1 Å². The second-order valence-electron chi connectivity index (χ2n) is 5.66. The number of nitriles is 1. The molecule has 0 saturated carbocycles. The fraction of sp³-hybridized carbons (Fsp3) is 0.0500. The van der Waals surface area contributed by atoms with E-state index >= 15 is 0 Å². The largest absolute Gasteiger partial charge is 0.497 e. The molecule has 4 aromatic rings. The third-order valence-electron chi connectivity index (χ3n) is 4.16. The van der Waals surface area contributed by atoms with Gasteiger partial charge in [-0.1, -0.05) is 12.1 Å². The molecule has 0 amide bonds. The fourth-order valence-electron chi connectivity index (χ4n) is 2.86. The number of rotatable bonds is 3. The number of methoxy groups -OCH3 is 1.